The minimum absolute atomic E-state index is 0.0186. The zero-order valence-electron chi connectivity index (χ0n) is 9.96. The molecule has 0 radical (unpaired) electrons. The van der Waals surface area contributed by atoms with Crippen LogP contribution in [0.5, 0.6) is 0 Å². The molecule has 4 nitrogen and oxygen atoms in total. The van der Waals surface area contributed by atoms with Gasteiger partial charge in [-0.05, 0) is 24.2 Å². The number of carbonyl (C=O) groups is 2. The van der Waals surface area contributed by atoms with Crippen LogP contribution in [0, 0.1) is 16.7 Å². The van der Waals surface area contributed by atoms with E-state index in [2.05, 4.69) is 19.2 Å². The predicted octanol–water partition coefficient (Wildman–Crippen LogP) is 1.56. The number of nitrogens with two attached hydrogens (primary N) is 1. The van der Waals surface area contributed by atoms with E-state index in [1.54, 1.807) is 0 Å². The van der Waals surface area contributed by atoms with Crippen molar-refractivity contribution in [3.63, 3.8) is 0 Å². The number of primary amides is 1. The molecule has 3 N–H and O–H groups in total. The summed E-state index contributed by atoms with van der Waals surface area (Å²) in [5.74, 6) is 0.416. The number of carbonyl (C=O) groups excluding carboxylic acids is 2. The van der Waals surface area contributed by atoms with Crippen LogP contribution in [0.4, 0.5) is 4.79 Å². The summed E-state index contributed by atoms with van der Waals surface area (Å²) < 4.78 is 0. The van der Waals surface area contributed by atoms with Crippen molar-refractivity contribution in [3.05, 3.63) is 11.8 Å². The number of nitrogens with one attached hydrogen (secondary N) is 1. The fraction of sp³-hybridized carbons (Fsp3) is 0.667. The lowest BCUT2D eigenvalue weighted by molar-refractivity contribution is -0.125. The number of fused-ring (bicyclic) bond motifs is 2. The topological polar surface area (TPSA) is 72.2 Å². The van der Waals surface area contributed by atoms with E-state index in [1.807, 2.05) is 6.92 Å². The van der Waals surface area contributed by atoms with E-state index in [0.29, 0.717) is 0 Å². The van der Waals surface area contributed by atoms with Gasteiger partial charge in [-0.25, -0.2) is 4.79 Å². The summed E-state index contributed by atoms with van der Waals surface area (Å²) in [4.78, 5) is 22.9. The van der Waals surface area contributed by atoms with E-state index in [0.717, 1.165) is 18.4 Å². The van der Waals surface area contributed by atoms with Gasteiger partial charge in [0.25, 0.3) is 0 Å². The van der Waals surface area contributed by atoms with Crippen molar-refractivity contribution >= 4 is 11.8 Å². The quantitative estimate of drug-likeness (QED) is 0.661. The highest BCUT2D eigenvalue weighted by molar-refractivity contribution is 6.04. The molecule has 2 saturated carbocycles. The van der Waals surface area contributed by atoms with Gasteiger partial charge in [0, 0.05) is 17.2 Å². The molecule has 0 saturated heterocycles. The summed E-state index contributed by atoms with van der Waals surface area (Å²) in [5.41, 5.74) is 5.45. The first-order chi connectivity index (χ1) is 7.30. The second-order valence-electron chi connectivity index (χ2n) is 5.58. The number of ketones is 1. The fourth-order valence-electron chi connectivity index (χ4n) is 3.24. The van der Waals surface area contributed by atoms with Crippen LogP contribution in [-0.4, -0.2) is 11.8 Å². The molecule has 0 heterocycles. The lowest BCUT2D eigenvalue weighted by Gasteiger charge is -2.31. The zero-order valence-corrected chi connectivity index (χ0v) is 9.96. The van der Waals surface area contributed by atoms with Gasteiger partial charge in [0.15, 0.2) is 5.78 Å². The van der Waals surface area contributed by atoms with Crippen LogP contribution in [0.25, 0.3) is 0 Å². The molecule has 0 aromatic rings. The van der Waals surface area contributed by atoms with E-state index >= 15 is 0 Å². The second kappa shape index (κ2) is 3.09. The van der Waals surface area contributed by atoms with Gasteiger partial charge in [0.05, 0.1) is 0 Å². The van der Waals surface area contributed by atoms with Gasteiger partial charge < -0.3 is 11.1 Å². The Hall–Kier alpha value is -1.32. The second-order valence-corrected chi connectivity index (χ2v) is 5.58. The van der Waals surface area contributed by atoms with Crippen LogP contribution in [0.2, 0.25) is 0 Å². The van der Waals surface area contributed by atoms with E-state index in [4.69, 9.17) is 5.73 Å². The summed E-state index contributed by atoms with van der Waals surface area (Å²) in [5, 5.41) is 2.41. The number of allylic oxidation sites excluding steroid dienone is 1. The summed E-state index contributed by atoms with van der Waals surface area (Å²) in [7, 11) is 0. The van der Waals surface area contributed by atoms with E-state index in [1.165, 1.54) is 6.20 Å². The number of hydrogen-bond donors (Lipinski definition) is 2. The van der Waals surface area contributed by atoms with Gasteiger partial charge >= 0.3 is 6.03 Å². The van der Waals surface area contributed by atoms with Crippen molar-refractivity contribution in [2.75, 3.05) is 0 Å². The largest absolute Gasteiger partial charge is 0.351 e. The van der Waals surface area contributed by atoms with Gasteiger partial charge in [0.2, 0.25) is 0 Å². The highest BCUT2D eigenvalue weighted by Crippen LogP contribution is 2.65. The van der Waals surface area contributed by atoms with Crippen molar-refractivity contribution in [1.29, 1.82) is 0 Å². The first-order valence-corrected chi connectivity index (χ1v) is 5.61. The zero-order chi connectivity index (χ0) is 12.1. The minimum atomic E-state index is -0.619. The first kappa shape index (κ1) is 11.2. The Balaban J connectivity index is 2.37. The molecule has 88 valence electrons. The Bertz CT molecular complexity index is 398. The number of urea groups is 1. The molecule has 2 aliphatic carbocycles. The molecule has 16 heavy (non-hydrogen) atoms. The lowest BCUT2D eigenvalue weighted by atomic mass is 9.70. The first-order valence-electron chi connectivity index (χ1n) is 5.61. The highest BCUT2D eigenvalue weighted by atomic mass is 16.2. The smallest absolute Gasteiger partial charge is 0.316 e. The molecule has 0 aromatic heterocycles. The van der Waals surface area contributed by atoms with Gasteiger partial charge in [0.1, 0.15) is 0 Å². The van der Waals surface area contributed by atoms with Crippen molar-refractivity contribution < 1.29 is 9.59 Å². The Morgan fingerprint density at radius 3 is 2.56 bits per heavy atom. The Morgan fingerprint density at radius 2 is 2.12 bits per heavy atom. The van der Waals surface area contributed by atoms with E-state index < -0.39 is 6.03 Å². The normalized spacial score (nSPS) is 38.1. The number of hydrogen-bond acceptors (Lipinski definition) is 2. The molecule has 2 aliphatic rings. The lowest BCUT2D eigenvalue weighted by Crippen LogP contribution is -2.32. The standard InChI is InChI=1S/C12H18N2O2/c1-11(2)8-4-5-12(11,3)9(15)7(8)6-14-10(13)16/h6,8H,4-5H2,1-3H3,(H3,13,14,16)/b7-6+/t8-,12+/m0/s1. The van der Waals surface area contributed by atoms with Crippen LogP contribution in [0.3, 0.4) is 0 Å². The van der Waals surface area contributed by atoms with Crippen molar-refractivity contribution in [1.82, 2.24) is 5.32 Å². The van der Waals surface area contributed by atoms with Crippen LogP contribution in [0.15, 0.2) is 11.8 Å². The summed E-state index contributed by atoms with van der Waals surface area (Å²) in [6, 6.07) is -0.619. The van der Waals surface area contributed by atoms with Gasteiger partial charge in [-0.15, -0.1) is 0 Å². The number of Topliss-reactive ketones (excluding diaryl/α,β-unsaturated/α-hetero) is 1. The van der Waals surface area contributed by atoms with Crippen LogP contribution >= 0.6 is 0 Å². The number of amides is 2. The molecule has 0 unspecified atom stereocenters. The maximum absolute atomic E-state index is 12.3. The summed E-state index contributed by atoms with van der Waals surface area (Å²) >= 11 is 0. The Kier molecular flexibility index (Phi) is 2.16. The summed E-state index contributed by atoms with van der Waals surface area (Å²) in [6.45, 7) is 6.29. The molecule has 0 aromatic carbocycles. The third-order valence-electron chi connectivity index (χ3n) is 4.73. The van der Waals surface area contributed by atoms with Crippen LogP contribution < -0.4 is 11.1 Å². The fourth-order valence-corrected chi connectivity index (χ4v) is 3.24. The van der Waals surface area contributed by atoms with Crippen LogP contribution in [-0.2, 0) is 4.79 Å². The van der Waals surface area contributed by atoms with E-state index in [9.17, 15) is 9.59 Å². The Labute approximate surface area is 95.3 Å². The summed E-state index contributed by atoms with van der Waals surface area (Å²) in [6.07, 6.45) is 3.46. The molecular formula is C12H18N2O2. The average molecular weight is 222 g/mol. The number of rotatable bonds is 1. The molecule has 2 atom stereocenters. The molecule has 0 spiro atoms. The van der Waals surface area contributed by atoms with Gasteiger partial charge in [-0.3, -0.25) is 4.79 Å². The molecular weight excluding hydrogens is 204 g/mol. The van der Waals surface area contributed by atoms with Crippen molar-refractivity contribution in [3.8, 4) is 0 Å². The SMILES string of the molecule is CC1(C)[C@H]2CC[C@]1(C)C(=O)/C2=C/NC(N)=O. The third kappa shape index (κ3) is 1.16. The molecule has 4 heteroatoms. The van der Waals surface area contributed by atoms with E-state index in [-0.39, 0.29) is 22.5 Å². The molecule has 2 rings (SSSR count). The maximum Gasteiger partial charge on any atom is 0.316 e. The predicted molar refractivity (Wildman–Crippen MR) is 60.4 cm³/mol. The van der Waals surface area contributed by atoms with Gasteiger partial charge in [-0.2, -0.15) is 0 Å². The third-order valence-corrected chi connectivity index (χ3v) is 4.73. The molecule has 2 fully saturated rings. The Morgan fingerprint density at radius 1 is 1.50 bits per heavy atom. The van der Waals surface area contributed by atoms with Crippen molar-refractivity contribution in [2.24, 2.45) is 22.5 Å². The van der Waals surface area contributed by atoms with Crippen LogP contribution in [0.1, 0.15) is 33.6 Å². The maximum atomic E-state index is 12.3. The van der Waals surface area contributed by atoms with Crippen molar-refractivity contribution in [2.45, 2.75) is 33.6 Å². The van der Waals surface area contributed by atoms with Gasteiger partial charge in [-0.1, -0.05) is 20.8 Å². The molecule has 0 aliphatic heterocycles. The monoisotopic (exact) mass is 222 g/mol. The molecule has 2 bridgehead atoms. The highest BCUT2D eigenvalue weighted by Gasteiger charge is 2.63. The molecule has 2 amide bonds. The minimum Gasteiger partial charge on any atom is -0.351 e. The average Bonchev–Trinajstić information content (AvgIpc) is 2.47.